The molecule has 2 aromatic carbocycles. The van der Waals surface area contributed by atoms with Gasteiger partial charge in [-0.3, -0.25) is 14.4 Å². The number of allylic oxidation sites excluding steroid dienone is 2. The number of carbonyl (C=O) groups excluding carboxylic acids is 6. The van der Waals surface area contributed by atoms with Gasteiger partial charge in [0.15, 0.2) is 0 Å². The molecule has 14 heteroatoms. The summed E-state index contributed by atoms with van der Waals surface area (Å²) in [6.45, 7) is 2.43. The van der Waals surface area contributed by atoms with Crippen molar-refractivity contribution < 1.29 is 66.7 Å². The number of ketones is 1. The van der Waals surface area contributed by atoms with Crippen LogP contribution in [0.15, 0.2) is 85.0 Å². The Morgan fingerprint density at radius 3 is 1.52 bits per heavy atom. The minimum atomic E-state index is -1.20. The van der Waals surface area contributed by atoms with Crippen LogP contribution in [-0.4, -0.2) is 91.2 Å². The number of esters is 5. The SMILES string of the molecule is COC(=O)C(=O)OC.COC(=O)C(=O)[C@@H](C/C=C\CCOCOCc1ccccc1)C(=O)OC.COC(=O)CC/C=C\CCOCc1ccccc1. The zero-order chi connectivity index (χ0) is 38.8. The molecule has 1 atom stereocenters. The van der Waals surface area contributed by atoms with Crippen LogP contribution in [0.3, 0.4) is 0 Å². The maximum Gasteiger partial charge on any atom is 0.417 e. The number of carbonyl (C=O) groups is 6. The van der Waals surface area contributed by atoms with Gasteiger partial charge in [0.1, 0.15) is 12.7 Å². The standard InChI is InChI=1S/C19H24O7.C15H20O3.C4H6O4/c1-23-18(21)16(17(20)19(22)24-2)11-7-4-8-12-25-14-26-13-15-9-5-3-6-10-15;1-17-15(16)11-7-2-3-8-12-18-13-14-9-5-4-6-10-14;1-7-3(5)4(6)8-2/h3-7,9-10,16H,8,11-14H2,1-2H3;2-6,9-10H,7-8,11-13H2,1H3;1-2H3/b7-4-;3-2-;/t16-;;/m1../s1. The van der Waals surface area contributed by atoms with E-state index in [0.717, 1.165) is 46.8 Å². The molecule has 0 N–H and O–H groups in total. The molecule has 0 saturated heterocycles. The number of benzene rings is 2. The summed E-state index contributed by atoms with van der Waals surface area (Å²) in [5.41, 5.74) is 2.26. The Morgan fingerprint density at radius 2 is 1.02 bits per heavy atom. The van der Waals surface area contributed by atoms with E-state index in [4.69, 9.17) is 14.2 Å². The van der Waals surface area contributed by atoms with Crippen LogP contribution >= 0.6 is 0 Å². The van der Waals surface area contributed by atoms with Crippen molar-refractivity contribution in [3.63, 3.8) is 0 Å². The third kappa shape index (κ3) is 24.1. The summed E-state index contributed by atoms with van der Waals surface area (Å²) in [5, 5.41) is 0. The molecule has 0 fully saturated rings. The number of Topliss-reactive ketones (excluding diaryl/α,β-unsaturated/α-hetero) is 1. The lowest BCUT2D eigenvalue weighted by Gasteiger charge is -2.09. The molecular formula is C38H50O14. The van der Waals surface area contributed by atoms with Crippen LogP contribution < -0.4 is 0 Å². The van der Waals surface area contributed by atoms with Gasteiger partial charge >= 0.3 is 29.8 Å². The monoisotopic (exact) mass is 730 g/mol. The second kappa shape index (κ2) is 31.8. The highest BCUT2D eigenvalue weighted by Gasteiger charge is 2.32. The van der Waals surface area contributed by atoms with E-state index in [1.807, 2.05) is 72.8 Å². The van der Waals surface area contributed by atoms with E-state index in [1.54, 1.807) is 12.2 Å². The summed E-state index contributed by atoms with van der Waals surface area (Å²) < 4.78 is 37.6. The molecule has 0 aliphatic carbocycles. The second-order valence-corrected chi connectivity index (χ2v) is 10.2. The molecule has 0 aliphatic rings. The number of ether oxygens (including phenoxy) is 8. The number of hydrogen-bond donors (Lipinski definition) is 0. The van der Waals surface area contributed by atoms with Crippen molar-refractivity contribution in [2.75, 3.05) is 55.6 Å². The zero-order valence-corrected chi connectivity index (χ0v) is 30.4. The molecule has 0 aromatic heterocycles. The molecule has 0 bridgehead atoms. The van der Waals surface area contributed by atoms with Gasteiger partial charge in [-0.15, -0.1) is 0 Å². The zero-order valence-electron chi connectivity index (χ0n) is 30.4. The third-order valence-corrected chi connectivity index (χ3v) is 6.42. The first kappa shape index (κ1) is 46.8. The van der Waals surface area contributed by atoms with Crippen molar-refractivity contribution in [2.45, 2.75) is 45.3 Å². The molecule has 0 heterocycles. The van der Waals surface area contributed by atoms with Gasteiger partial charge in [0, 0.05) is 6.42 Å². The molecule has 0 spiro atoms. The van der Waals surface area contributed by atoms with Gasteiger partial charge in [-0.1, -0.05) is 85.0 Å². The van der Waals surface area contributed by atoms with Gasteiger partial charge in [-0.2, -0.15) is 0 Å². The van der Waals surface area contributed by atoms with E-state index in [0.29, 0.717) is 39.3 Å². The Bertz CT molecular complexity index is 1340. The van der Waals surface area contributed by atoms with Crippen LogP contribution in [0, 0.1) is 5.92 Å². The predicted octanol–water partition coefficient (Wildman–Crippen LogP) is 4.48. The molecule has 2 aromatic rings. The van der Waals surface area contributed by atoms with Gasteiger partial charge < -0.3 is 37.9 Å². The Kier molecular flexibility index (Phi) is 28.6. The molecule has 14 nitrogen and oxygen atoms in total. The fourth-order valence-corrected chi connectivity index (χ4v) is 3.67. The Balaban J connectivity index is 0.000000861. The van der Waals surface area contributed by atoms with Crippen LogP contribution in [0.25, 0.3) is 0 Å². The van der Waals surface area contributed by atoms with Crippen LogP contribution in [0.1, 0.15) is 43.2 Å². The number of methoxy groups -OCH3 is 5. The van der Waals surface area contributed by atoms with Crippen LogP contribution in [0.2, 0.25) is 0 Å². The number of hydrogen-bond acceptors (Lipinski definition) is 14. The largest absolute Gasteiger partial charge is 0.469 e. The molecule has 0 radical (unpaired) electrons. The van der Waals surface area contributed by atoms with Crippen molar-refractivity contribution in [3.05, 3.63) is 96.1 Å². The maximum atomic E-state index is 11.8. The van der Waals surface area contributed by atoms with Gasteiger partial charge in [-0.05, 0) is 36.8 Å². The Morgan fingerprint density at radius 1 is 0.538 bits per heavy atom. The third-order valence-electron chi connectivity index (χ3n) is 6.42. The first-order valence-electron chi connectivity index (χ1n) is 16.2. The summed E-state index contributed by atoms with van der Waals surface area (Å²) in [6.07, 6.45) is 10.1. The lowest BCUT2D eigenvalue weighted by atomic mass is 10.00. The minimum Gasteiger partial charge on any atom is -0.469 e. The van der Waals surface area contributed by atoms with Crippen molar-refractivity contribution in [2.24, 2.45) is 5.92 Å². The highest BCUT2D eigenvalue weighted by molar-refractivity contribution is 6.37. The summed E-state index contributed by atoms with van der Waals surface area (Å²) >= 11 is 0. The molecule has 0 saturated carbocycles. The molecule has 286 valence electrons. The average molecular weight is 731 g/mol. The van der Waals surface area contributed by atoms with E-state index >= 15 is 0 Å². The summed E-state index contributed by atoms with van der Waals surface area (Å²) in [4.78, 5) is 65.6. The molecule has 52 heavy (non-hydrogen) atoms. The van der Waals surface area contributed by atoms with E-state index in [1.165, 1.54) is 12.7 Å². The molecular weight excluding hydrogens is 680 g/mol. The van der Waals surface area contributed by atoms with Crippen molar-refractivity contribution in [1.29, 1.82) is 0 Å². The summed E-state index contributed by atoms with van der Waals surface area (Å²) in [5.74, 6) is -6.07. The summed E-state index contributed by atoms with van der Waals surface area (Å²) in [6, 6.07) is 19.9. The normalized spacial score (nSPS) is 10.9. The van der Waals surface area contributed by atoms with Crippen molar-refractivity contribution in [3.8, 4) is 0 Å². The smallest absolute Gasteiger partial charge is 0.417 e. The Hall–Kier alpha value is -5.18. The van der Waals surface area contributed by atoms with E-state index in [-0.39, 0.29) is 19.2 Å². The first-order chi connectivity index (χ1) is 25.1. The molecule has 2 rings (SSSR count). The van der Waals surface area contributed by atoms with Crippen LogP contribution in [0.4, 0.5) is 0 Å². The topological polar surface area (TPSA) is 176 Å². The second-order valence-electron chi connectivity index (χ2n) is 10.2. The molecule has 0 amide bonds. The first-order valence-corrected chi connectivity index (χ1v) is 16.2. The van der Waals surface area contributed by atoms with Crippen LogP contribution in [-0.2, 0) is 79.9 Å². The predicted molar refractivity (Wildman–Crippen MR) is 188 cm³/mol. The quantitative estimate of drug-likeness (QED) is 0.0354. The highest BCUT2D eigenvalue weighted by atomic mass is 16.7. The van der Waals surface area contributed by atoms with Gasteiger partial charge in [0.05, 0.1) is 62.0 Å². The fraction of sp³-hybridized carbons (Fsp3) is 0.421. The van der Waals surface area contributed by atoms with E-state index in [2.05, 4.69) is 23.7 Å². The van der Waals surface area contributed by atoms with Crippen molar-refractivity contribution >= 4 is 35.6 Å². The molecule has 0 aliphatic heterocycles. The average Bonchev–Trinajstić information content (AvgIpc) is 3.19. The lowest BCUT2D eigenvalue weighted by molar-refractivity contribution is -0.164. The van der Waals surface area contributed by atoms with Gasteiger partial charge in [0.2, 0.25) is 0 Å². The molecule has 0 unspecified atom stereocenters. The minimum absolute atomic E-state index is 0.0606. The van der Waals surface area contributed by atoms with Crippen molar-refractivity contribution in [1.82, 2.24) is 0 Å². The van der Waals surface area contributed by atoms with E-state index in [9.17, 15) is 28.8 Å². The lowest BCUT2D eigenvalue weighted by Crippen LogP contribution is -2.31. The fourth-order valence-electron chi connectivity index (χ4n) is 3.67. The summed E-state index contributed by atoms with van der Waals surface area (Å²) in [7, 11) is 5.87. The highest BCUT2D eigenvalue weighted by Crippen LogP contribution is 2.10. The van der Waals surface area contributed by atoms with Gasteiger partial charge in [-0.25, -0.2) is 14.4 Å². The number of rotatable bonds is 20. The maximum absolute atomic E-state index is 11.8. The van der Waals surface area contributed by atoms with Gasteiger partial charge in [0.25, 0.3) is 5.78 Å². The van der Waals surface area contributed by atoms with E-state index < -0.39 is 35.6 Å². The van der Waals surface area contributed by atoms with Crippen LogP contribution in [0.5, 0.6) is 0 Å². The Labute approximate surface area is 304 Å².